The Morgan fingerprint density at radius 3 is 2.32 bits per heavy atom. The number of nitrogens with zero attached hydrogens (tertiary/aromatic N) is 1. The van der Waals surface area contributed by atoms with Crippen molar-refractivity contribution < 1.29 is 9.18 Å². The molecule has 124 valence electrons. The monoisotopic (exact) mass is 308 g/mol. The number of unbranched alkanes of at least 4 members (excludes halogenated alkanes) is 1. The fourth-order valence-electron chi connectivity index (χ4n) is 2.47. The van der Waals surface area contributed by atoms with Gasteiger partial charge in [0.25, 0.3) is 0 Å². The van der Waals surface area contributed by atoms with E-state index in [1.165, 1.54) is 25.0 Å². The highest BCUT2D eigenvalue weighted by Crippen LogP contribution is 2.21. The van der Waals surface area contributed by atoms with Crippen LogP contribution >= 0.6 is 0 Å². The van der Waals surface area contributed by atoms with Crippen LogP contribution in [-0.4, -0.2) is 44.4 Å². The molecule has 0 unspecified atom stereocenters. The number of halogens is 1. The first-order chi connectivity index (χ1) is 10.6. The zero-order chi connectivity index (χ0) is 16.4. The van der Waals surface area contributed by atoms with Crippen LogP contribution in [0.5, 0.6) is 0 Å². The number of benzene rings is 1. The minimum atomic E-state index is -0.292. The number of rotatable bonds is 5. The fourth-order valence-corrected chi connectivity index (χ4v) is 2.47. The summed E-state index contributed by atoms with van der Waals surface area (Å²) in [5.41, 5.74) is 0.635. The standard InChI is InChI=1S/C13H16FNO.C5H13N/c1-15-8-6-11(7-9-15)13(16)10-2-4-12(14)5-3-10;1-3-4-5-6-2/h2-5,11H,6-9H2,1H3;6H,3-5H2,1-2H3. The molecule has 1 fully saturated rings. The average Bonchev–Trinajstić information content (AvgIpc) is 2.54. The van der Waals surface area contributed by atoms with E-state index in [1.807, 2.05) is 7.05 Å². The van der Waals surface area contributed by atoms with Crippen LogP contribution in [0.2, 0.25) is 0 Å². The molecule has 0 bridgehead atoms. The molecular weight excluding hydrogens is 279 g/mol. The SMILES string of the molecule is CCCCNC.CN1CCC(C(=O)c2ccc(F)cc2)CC1. The normalized spacial score (nSPS) is 16.0. The molecule has 0 aromatic heterocycles. The lowest BCUT2D eigenvalue weighted by atomic mass is 9.89. The lowest BCUT2D eigenvalue weighted by Crippen LogP contribution is -2.33. The Bertz CT molecular complexity index is 421. The Labute approximate surface area is 133 Å². The summed E-state index contributed by atoms with van der Waals surface area (Å²) in [4.78, 5) is 14.3. The van der Waals surface area contributed by atoms with Crippen molar-refractivity contribution in [2.45, 2.75) is 32.6 Å². The quantitative estimate of drug-likeness (QED) is 0.669. The molecule has 0 spiro atoms. The minimum Gasteiger partial charge on any atom is -0.320 e. The zero-order valence-corrected chi connectivity index (χ0v) is 14.1. The lowest BCUT2D eigenvalue weighted by Gasteiger charge is -2.27. The average molecular weight is 308 g/mol. The summed E-state index contributed by atoms with van der Waals surface area (Å²) in [6, 6.07) is 5.86. The summed E-state index contributed by atoms with van der Waals surface area (Å²) in [6.45, 7) is 5.29. The number of hydrogen-bond acceptors (Lipinski definition) is 3. The van der Waals surface area contributed by atoms with Gasteiger partial charge in [0.15, 0.2) is 5.78 Å². The molecule has 1 aliphatic heterocycles. The molecule has 1 aromatic rings. The third kappa shape index (κ3) is 6.67. The number of likely N-dealkylation sites (tertiary alicyclic amines) is 1. The van der Waals surface area contributed by atoms with E-state index in [9.17, 15) is 9.18 Å². The summed E-state index contributed by atoms with van der Waals surface area (Å²) < 4.78 is 12.7. The number of hydrogen-bond donors (Lipinski definition) is 1. The van der Waals surface area contributed by atoms with Crippen molar-refractivity contribution in [2.75, 3.05) is 33.7 Å². The van der Waals surface area contributed by atoms with E-state index >= 15 is 0 Å². The Hall–Kier alpha value is -1.26. The van der Waals surface area contributed by atoms with Crippen LogP contribution in [0.3, 0.4) is 0 Å². The van der Waals surface area contributed by atoms with Crippen LogP contribution < -0.4 is 5.32 Å². The summed E-state index contributed by atoms with van der Waals surface area (Å²) in [6.07, 6.45) is 4.41. The van der Waals surface area contributed by atoms with Gasteiger partial charge in [-0.05, 0) is 77.3 Å². The second-order valence-electron chi connectivity index (χ2n) is 5.91. The second kappa shape index (κ2) is 10.5. The van der Waals surface area contributed by atoms with Crippen LogP contribution in [0.15, 0.2) is 24.3 Å². The number of ketones is 1. The Morgan fingerprint density at radius 2 is 1.86 bits per heavy atom. The number of piperidine rings is 1. The van der Waals surface area contributed by atoms with Gasteiger partial charge in [0, 0.05) is 11.5 Å². The van der Waals surface area contributed by atoms with Gasteiger partial charge in [-0.2, -0.15) is 0 Å². The van der Waals surface area contributed by atoms with Gasteiger partial charge in [0.2, 0.25) is 0 Å². The predicted molar refractivity (Wildman–Crippen MR) is 89.8 cm³/mol. The first kappa shape index (κ1) is 18.8. The van der Waals surface area contributed by atoms with Crippen molar-refractivity contribution in [3.05, 3.63) is 35.6 Å². The number of nitrogens with one attached hydrogen (secondary N) is 1. The Morgan fingerprint density at radius 1 is 1.27 bits per heavy atom. The maximum atomic E-state index is 12.7. The lowest BCUT2D eigenvalue weighted by molar-refractivity contribution is 0.0857. The predicted octanol–water partition coefficient (Wildman–Crippen LogP) is 3.36. The van der Waals surface area contributed by atoms with Gasteiger partial charge in [-0.3, -0.25) is 4.79 Å². The topological polar surface area (TPSA) is 32.3 Å². The zero-order valence-electron chi connectivity index (χ0n) is 14.1. The highest BCUT2D eigenvalue weighted by molar-refractivity contribution is 5.97. The van der Waals surface area contributed by atoms with Crippen LogP contribution in [-0.2, 0) is 0 Å². The van der Waals surface area contributed by atoms with E-state index in [1.54, 1.807) is 12.1 Å². The van der Waals surface area contributed by atoms with Crippen LogP contribution in [0.1, 0.15) is 43.0 Å². The number of carbonyl (C=O) groups is 1. The molecule has 1 aliphatic rings. The van der Waals surface area contributed by atoms with Gasteiger partial charge in [-0.1, -0.05) is 13.3 Å². The van der Waals surface area contributed by atoms with Crippen molar-refractivity contribution in [2.24, 2.45) is 5.92 Å². The first-order valence-corrected chi connectivity index (χ1v) is 8.21. The molecule has 0 saturated carbocycles. The Kier molecular flexibility index (Phi) is 8.94. The third-order valence-electron chi connectivity index (χ3n) is 4.00. The van der Waals surface area contributed by atoms with E-state index in [-0.39, 0.29) is 17.5 Å². The van der Waals surface area contributed by atoms with Crippen LogP contribution in [0.4, 0.5) is 4.39 Å². The van der Waals surface area contributed by atoms with Crippen molar-refractivity contribution in [3.63, 3.8) is 0 Å². The molecule has 1 N–H and O–H groups in total. The molecule has 0 atom stereocenters. The molecule has 2 rings (SSSR count). The number of carbonyl (C=O) groups excluding carboxylic acids is 1. The van der Waals surface area contributed by atoms with Gasteiger partial charge in [0.05, 0.1) is 0 Å². The van der Waals surface area contributed by atoms with Gasteiger partial charge < -0.3 is 10.2 Å². The smallest absolute Gasteiger partial charge is 0.166 e. The van der Waals surface area contributed by atoms with Gasteiger partial charge >= 0.3 is 0 Å². The molecule has 0 amide bonds. The summed E-state index contributed by atoms with van der Waals surface area (Å²) in [5.74, 6) is -0.0188. The first-order valence-electron chi connectivity index (χ1n) is 8.21. The molecule has 3 nitrogen and oxygen atoms in total. The molecular formula is C18H29FN2O. The highest BCUT2D eigenvalue weighted by Gasteiger charge is 2.24. The molecule has 1 saturated heterocycles. The summed E-state index contributed by atoms with van der Waals surface area (Å²) in [7, 11) is 4.05. The van der Waals surface area contributed by atoms with Crippen molar-refractivity contribution in [1.82, 2.24) is 10.2 Å². The summed E-state index contributed by atoms with van der Waals surface area (Å²) >= 11 is 0. The highest BCUT2D eigenvalue weighted by atomic mass is 19.1. The maximum absolute atomic E-state index is 12.7. The van der Waals surface area contributed by atoms with E-state index in [0.29, 0.717) is 5.56 Å². The van der Waals surface area contributed by atoms with Crippen molar-refractivity contribution in [3.8, 4) is 0 Å². The third-order valence-corrected chi connectivity index (χ3v) is 4.00. The summed E-state index contributed by atoms with van der Waals surface area (Å²) in [5, 5.41) is 3.07. The molecule has 1 aromatic carbocycles. The number of Topliss-reactive ketones (excluding diaryl/α,β-unsaturated/α-hetero) is 1. The minimum absolute atomic E-state index is 0.113. The van der Waals surface area contributed by atoms with E-state index in [0.717, 1.165) is 32.5 Å². The van der Waals surface area contributed by atoms with Crippen molar-refractivity contribution >= 4 is 5.78 Å². The maximum Gasteiger partial charge on any atom is 0.166 e. The van der Waals surface area contributed by atoms with E-state index < -0.39 is 0 Å². The molecule has 0 radical (unpaired) electrons. The van der Waals surface area contributed by atoms with Crippen LogP contribution in [0, 0.1) is 11.7 Å². The molecule has 1 heterocycles. The largest absolute Gasteiger partial charge is 0.320 e. The fraction of sp³-hybridized carbons (Fsp3) is 0.611. The van der Waals surface area contributed by atoms with Gasteiger partial charge in [-0.25, -0.2) is 4.39 Å². The van der Waals surface area contributed by atoms with Crippen molar-refractivity contribution in [1.29, 1.82) is 0 Å². The van der Waals surface area contributed by atoms with Crippen LogP contribution in [0.25, 0.3) is 0 Å². The van der Waals surface area contributed by atoms with E-state index in [4.69, 9.17) is 0 Å². The van der Waals surface area contributed by atoms with Gasteiger partial charge in [0.1, 0.15) is 5.82 Å². The molecule has 22 heavy (non-hydrogen) atoms. The van der Waals surface area contributed by atoms with Gasteiger partial charge in [-0.15, -0.1) is 0 Å². The second-order valence-corrected chi connectivity index (χ2v) is 5.91. The molecule has 0 aliphatic carbocycles. The van der Waals surface area contributed by atoms with E-state index in [2.05, 4.69) is 24.2 Å². The molecule has 4 heteroatoms. The Balaban J connectivity index is 0.000000346.